The fraction of sp³-hybridized carbons (Fsp3) is 0.167. The molecule has 0 aliphatic carbocycles. The third-order valence-electron chi connectivity index (χ3n) is 2.33. The first-order valence-electron chi connectivity index (χ1n) is 5.32. The second kappa shape index (κ2) is 5.49. The minimum absolute atomic E-state index is 0.290. The van der Waals surface area contributed by atoms with Crippen LogP contribution in [-0.2, 0) is 0 Å². The molecule has 1 heterocycles. The van der Waals surface area contributed by atoms with Crippen molar-refractivity contribution >= 4 is 44.1 Å². The normalized spacial score (nSPS) is 10.2. The summed E-state index contributed by atoms with van der Waals surface area (Å²) in [4.78, 5) is 17.1. The third kappa shape index (κ3) is 3.30. The lowest BCUT2D eigenvalue weighted by atomic mass is 10.3. The number of halogens is 1. The summed E-state index contributed by atoms with van der Waals surface area (Å²) < 4.78 is 0.918. The number of carbonyl (C=O) groups is 1. The predicted molar refractivity (Wildman–Crippen MR) is 78.4 cm³/mol. The van der Waals surface area contributed by atoms with Gasteiger partial charge in [0.05, 0.1) is 5.69 Å². The van der Waals surface area contributed by atoms with E-state index in [4.69, 9.17) is 0 Å². The second-order valence-corrected chi connectivity index (χ2v) is 5.87. The van der Waals surface area contributed by atoms with Crippen LogP contribution in [0.5, 0.6) is 0 Å². The van der Waals surface area contributed by atoms with Crippen molar-refractivity contribution in [2.75, 3.05) is 10.6 Å². The molecule has 6 heteroatoms. The topological polar surface area (TPSA) is 54.0 Å². The van der Waals surface area contributed by atoms with Gasteiger partial charge in [0, 0.05) is 15.0 Å². The standard InChI is InChI=1S/C12H12BrN3OS/c1-7-8(2)18-12(14-7)16-11(17)15-10-5-3-4-9(13)6-10/h3-6H,1-2H3,(H2,14,15,16,17). The monoisotopic (exact) mass is 325 g/mol. The lowest BCUT2D eigenvalue weighted by Crippen LogP contribution is -2.19. The molecule has 2 aromatic rings. The zero-order chi connectivity index (χ0) is 13.1. The average Bonchev–Trinajstić information content (AvgIpc) is 2.57. The highest BCUT2D eigenvalue weighted by Gasteiger charge is 2.07. The maximum Gasteiger partial charge on any atom is 0.325 e. The highest BCUT2D eigenvalue weighted by Crippen LogP contribution is 2.21. The summed E-state index contributed by atoms with van der Waals surface area (Å²) >= 11 is 4.81. The van der Waals surface area contributed by atoms with Crippen LogP contribution in [0, 0.1) is 13.8 Å². The van der Waals surface area contributed by atoms with E-state index in [9.17, 15) is 4.79 Å². The molecule has 1 aromatic carbocycles. The molecule has 0 radical (unpaired) electrons. The van der Waals surface area contributed by atoms with Gasteiger partial charge in [0.1, 0.15) is 0 Å². The molecule has 0 unspecified atom stereocenters. The zero-order valence-electron chi connectivity index (χ0n) is 9.95. The van der Waals surface area contributed by atoms with E-state index >= 15 is 0 Å². The van der Waals surface area contributed by atoms with Crippen molar-refractivity contribution in [1.82, 2.24) is 4.98 Å². The SMILES string of the molecule is Cc1nc(NC(=O)Nc2cccc(Br)c2)sc1C. The first-order chi connectivity index (χ1) is 8.54. The maximum atomic E-state index is 11.7. The Hall–Kier alpha value is -1.40. The lowest BCUT2D eigenvalue weighted by molar-refractivity contribution is 0.262. The van der Waals surface area contributed by atoms with Crippen LogP contribution in [0.25, 0.3) is 0 Å². The summed E-state index contributed by atoms with van der Waals surface area (Å²) in [5.74, 6) is 0. The van der Waals surface area contributed by atoms with Gasteiger partial charge in [-0.05, 0) is 32.0 Å². The summed E-state index contributed by atoms with van der Waals surface area (Å²) in [6, 6.07) is 7.12. The van der Waals surface area contributed by atoms with Gasteiger partial charge < -0.3 is 5.32 Å². The zero-order valence-corrected chi connectivity index (χ0v) is 12.4. The number of amides is 2. The number of aryl methyl sites for hydroxylation is 2. The fourth-order valence-corrected chi connectivity index (χ4v) is 2.56. The van der Waals surface area contributed by atoms with Crippen molar-refractivity contribution in [3.63, 3.8) is 0 Å². The second-order valence-electron chi connectivity index (χ2n) is 3.75. The molecule has 1 aromatic heterocycles. The number of carbonyl (C=O) groups excluding carboxylic acids is 1. The molecule has 4 nitrogen and oxygen atoms in total. The van der Waals surface area contributed by atoms with Crippen molar-refractivity contribution in [1.29, 1.82) is 0 Å². The molecule has 2 amide bonds. The quantitative estimate of drug-likeness (QED) is 0.870. The van der Waals surface area contributed by atoms with E-state index in [1.165, 1.54) is 11.3 Å². The Morgan fingerprint density at radius 3 is 2.72 bits per heavy atom. The van der Waals surface area contributed by atoms with E-state index in [1.54, 1.807) is 0 Å². The van der Waals surface area contributed by atoms with Crippen LogP contribution >= 0.6 is 27.3 Å². The van der Waals surface area contributed by atoms with Gasteiger partial charge in [0.25, 0.3) is 0 Å². The van der Waals surface area contributed by atoms with Gasteiger partial charge in [-0.2, -0.15) is 0 Å². The van der Waals surface area contributed by atoms with Crippen LogP contribution in [0.15, 0.2) is 28.7 Å². The van der Waals surface area contributed by atoms with Crippen molar-refractivity contribution in [3.8, 4) is 0 Å². The summed E-state index contributed by atoms with van der Waals surface area (Å²) in [5, 5.41) is 6.07. The van der Waals surface area contributed by atoms with Gasteiger partial charge in [-0.1, -0.05) is 22.0 Å². The summed E-state index contributed by atoms with van der Waals surface area (Å²) in [5.41, 5.74) is 1.67. The minimum atomic E-state index is -0.290. The molecular weight excluding hydrogens is 314 g/mol. The molecule has 0 fully saturated rings. The predicted octanol–water partition coefficient (Wildman–Crippen LogP) is 4.17. The number of benzene rings is 1. The average molecular weight is 326 g/mol. The molecule has 0 aliphatic heterocycles. The molecule has 0 bridgehead atoms. The number of aromatic nitrogens is 1. The molecule has 2 N–H and O–H groups in total. The number of nitrogens with zero attached hydrogens (tertiary/aromatic N) is 1. The fourth-order valence-electron chi connectivity index (χ4n) is 1.35. The third-order valence-corrected chi connectivity index (χ3v) is 3.81. The van der Waals surface area contributed by atoms with Crippen molar-refractivity contribution < 1.29 is 4.79 Å². The van der Waals surface area contributed by atoms with Crippen LogP contribution in [0.4, 0.5) is 15.6 Å². The molecule has 18 heavy (non-hydrogen) atoms. The van der Waals surface area contributed by atoms with E-state index in [2.05, 4.69) is 31.5 Å². The number of rotatable bonds is 2. The highest BCUT2D eigenvalue weighted by atomic mass is 79.9. The Kier molecular flexibility index (Phi) is 3.98. The van der Waals surface area contributed by atoms with E-state index in [1.807, 2.05) is 38.1 Å². The molecule has 0 aliphatic rings. The van der Waals surface area contributed by atoms with Crippen LogP contribution in [0.3, 0.4) is 0 Å². The smallest absolute Gasteiger partial charge is 0.308 e. The first-order valence-corrected chi connectivity index (χ1v) is 6.93. The summed E-state index contributed by atoms with van der Waals surface area (Å²) in [6.45, 7) is 3.90. The van der Waals surface area contributed by atoms with Crippen LogP contribution in [0.2, 0.25) is 0 Å². The Morgan fingerprint density at radius 1 is 1.33 bits per heavy atom. The first kappa shape index (κ1) is 13.0. The number of hydrogen-bond donors (Lipinski definition) is 2. The van der Waals surface area contributed by atoms with Crippen LogP contribution < -0.4 is 10.6 Å². The summed E-state index contributed by atoms with van der Waals surface area (Å²) in [6.07, 6.45) is 0. The van der Waals surface area contributed by atoms with Crippen molar-refractivity contribution in [2.24, 2.45) is 0 Å². The number of nitrogens with one attached hydrogen (secondary N) is 2. The van der Waals surface area contributed by atoms with E-state index in [0.29, 0.717) is 5.13 Å². The molecule has 0 spiro atoms. The molecular formula is C12H12BrN3OS. The van der Waals surface area contributed by atoms with E-state index in [-0.39, 0.29) is 6.03 Å². The van der Waals surface area contributed by atoms with E-state index < -0.39 is 0 Å². The lowest BCUT2D eigenvalue weighted by Gasteiger charge is -2.05. The van der Waals surface area contributed by atoms with Gasteiger partial charge in [-0.25, -0.2) is 9.78 Å². The molecule has 2 rings (SSSR count). The van der Waals surface area contributed by atoms with Crippen molar-refractivity contribution in [3.05, 3.63) is 39.3 Å². The van der Waals surface area contributed by atoms with Gasteiger partial charge >= 0.3 is 6.03 Å². The number of hydrogen-bond acceptors (Lipinski definition) is 3. The Balaban J connectivity index is 2.01. The van der Waals surface area contributed by atoms with Gasteiger partial charge in [-0.3, -0.25) is 5.32 Å². The van der Waals surface area contributed by atoms with Crippen LogP contribution in [-0.4, -0.2) is 11.0 Å². The number of anilines is 2. The largest absolute Gasteiger partial charge is 0.325 e. The Bertz CT molecular complexity index is 563. The number of thiazole rings is 1. The molecule has 94 valence electrons. The summed E-state index contributed by atoms with van der Waals surface area (Å²) in [7, 11) is 0. The maximum absolute atomic E-state index is 11.7. The van der Waals surface area contributed by atoms with Crippen molar-refractivity contribution in [2.45, 2.75) is 13.8 Å². The Morgan fingerprint density at radius 2 is 2.11 bits per heavy atom. The number of urea groups is 1. The molecule has 0 saturated heterocycles. The Labute approximate surface area is 118 Å². The van der Waals surface area contributed by atoms with Gasteiger partial charge in [-0.15, -0.1) is 11.3 Å². The van der Waals surface area contributed by atoms with Gasteiger partial charge in [0.2, 0.25) is 0 Å². The minimum Gasteiger partial charge on any atom is -0.308 e. The van der Waals surface area contributed by atoms with E-state index in [0.717, 1.165) is 20.7 Å². The molecule has 0 atom stereocenters. The van der Waals surface area contributed by atoms with Gasteiger partial charge in [0.15, 0.2) is 5.13 Å². The van der Waals surface area contributed by atoms with Crippen LogP contribution in [0.1, 0.15) is 10.6 Å². The highest BCUT2D eigenvalue weighted by molar-refractivity contribution is 9.10. The molecule has 0 saturated carbocycles.